The Hall–Kier alpha value is -0.830. The van der Waals surface area contributed by atoms with Crippen molar-refractivity contribution in [2.45, 2.75) is 32.3 Å². The third-order valence-electron chi connectivity index (χ3n) is 3.03. The van der Waals surface area contributed by atoms with Crippen molar-refractivity contribution in [2.75, 3.05) is 0 Å². The minimum atomic E-state index is -0.874. The molecule has 1 N–H and O–H groups in total. The van der Waals surface area contributed by atoms with Crippen LogP contribution in [0.25, 0.3) is 0 Å². The van der Waals surface area contributed by atoms with Crippen LogP contribution in [-0.2, 0) is 18.4 Å². The summed E-state index contributed by atoms with van der Waals surface area (Å²) in [7, 11) is 0. The molecule has 1 atom stereocenters. The molecule has 0 aliphatic heterocycles. The first-order valence-corrected chi connectivity index (χ1v) is 7.27. The quantitative estimate of drug-likeness (QED) is 0.879. The molecule has 0 aliphatic rings. The van der Waals surface area contributed by atoms with Crippen LogP contribution in [0.2, 0.25) is 5.02 Å². The lowest BCUT2D eigenvalue weighted by molar-refractivity contribution is 0.0585. The van der Waals surface area contributed by atoms with E-state index in [1.807, 2.05) is 31.2 Å². The standard InChI is InChI=1S/C15H17ClOS/c1-3-13-7-8-14(18-13)10-15(2,17)11-5-4-6-12(16)9-11/h4-9,17H,3,10H2,1-2H3. The van der Waals surface area contributed by atoms with Crippen molar-refractivity contribution < 1.29 is 5.11 Å². The van der Waals surface area contributed by atoms with Crippen LogP contribution in [0.4, 0.5) is 0 Å². The first kappa shape index (κ1) is 13.6. The highest BCUT2D eigenvalue weighted by Crippen LogP contribution is 2.30. The molecule has 0 fully saturated rings. The van der Waals surface area contributed by atoms with Crippen LogP contribution in [0.15, 0.2) is 36.4 Å². The summed E-state index contributed by atoms with van der Waals surface area (Å²) in [6.07, 6.45) is 1.67. The molecule has 1 unspecified atom stereocenters. The minimum absolute atomic E-state index is 0.623. The number of hydrogen-bond donors (Lipinski definition) is 1. The van der Waals surface area contributed by atoms with Gasteiger partial charge in [-0.05, 0) is 43.2 Å². The SMILES string of the molecule is CCc1ccc(CC(C)(O)c2cccc(Cl)c2)s1. The lowest BCUT2D eigenvalue weighted by atomic mass is 9.92. The fourth-order valence-electron chi connectivity index (χ4n) is 1.97. The summed E-state index contributed by atoms with van der Waals surface area (Å²) < 4.78 is 0. The van der Waals surface area contributed by atoms with Crippen molar-refractivity contribution in [3.05, 3.63) is 56.7 Å². The van der Waals surface area contributed by atoms with E-state index in [0.717, 1.165) is 12.0 Å². The molecule has 2 aromatic rings. The molecular formula is C15H17ClOS. The van der Waals surface area contributed by atoms with Crippen molar-refractivity contribution in [3.63, 3.8) is 0 Å². The van der Waals surface area contributed by atoms with E-state index in [0.29, 0.717) is 11.4 Å². The van der Waals surface area contributed by atoms with Crippen molar-refractivity contribution in [2.24, 2.45) is 0 Å². The second kappa shape index (κ2) is 5.43. The highest BCUT2D eigenvalue weighted by molar-refractivity contribution is 7.12. The van der Waals surface area contributed by atoms with E-state index in [4.69, 9.17) is 11.6 Å². The average Bonchev–Trinajstić information content (AvgIpc) is 2.76. The lowest BCUT2D eigenvalue weighted by Crippen LogP contribution is -2.23. The Morgan fingerprint density at radius 2 is 1.94 bits per heavy atom. The number of aliphatic hydroxyl groups is 1. The molecule has 0 saturated heterocycles. The monoisotopic (exact) mass is 280 g/mol. The summed E-state index contributed by atoms with van der Waals surface area (Å²) in [6.45, 7) is 3.98. The fourth-order valence-corrected chi connectivity index (χ4v) is 3.27. The van der Waals surface area contributed by atoms with Crippen molar-refractivity contribution in [1.29, 1.82) is 0 Å². The average molecular weight is 281 g/mol. The molecule has 1 aromatic heterocycles. The number of hydrogen-bond acceptors (Lipinski definition) is 2. The number of thiophene rings is 1. The lowest BCUT2D eigenvalue weighted by Gasteiger charge is -2.23. The van der Waals surface area contributed by atoms with Gasteiger partial charge in [-0.15, -0.1) is 11.3 Å². The van der Waals surface area contributed by atoms with Crippen LogP contribution in [-0.4, -0.2) is 5.11 Å². The predicted octanol–water partition coefficient (Wildman–Crippen LogP) is 4.41. The Labute approximate surface area is 117 Å². The summed E-state index contributed by atoms with van der Waals surface area (Å²) in [5, 5.41) is 11.3. The molecular weight excluding hydrogens is 264 g/mol. The largest absolute Gasteiger partial charge is 0.385 e. The number of aryl methyl sites for hydroxylation is 1. The summed E-state index contributed by atoms with van der Waals surface area (Å²) in [4.78, 5) is 2.56. The van der Waals surface area contributed by atoms with Crippen LogP contribution in [0.1, 0.15) is 29.2 Å². The smallest absolute Gasteiger partial charge is 0.0917 e. The van der Waals surface area contributed by atoms with Gasteiger partial charge in [0, 0.05) is 21.2 Å². The van der Waals surface area contributed by atoms with E-state index >= 15 is 0 Å². The first-order chi connectivity index (χ1) is 8.51. The maximum absolute atomic E-state index is 10.6. The second-order valence-corrected chi connectivity index (χ2v) is 6.37. The highest BCUT2D eigenvalue weighted by Gasteiger charge is 2.24. The Bertz CT molecular complexity index is 531. The van der Waals surface area contributed by atoms with Gasteiger partial charge in [0.15, 0.2) is 0 Å². The maximum Gasteiger partial charge on any atom is 0.0917 e. The Morgan fingerprint density at radius 1 is 1.22 bits per heavy atom. The zero-order valence-electron chi connectivity index (χ0n) is 10.6. The molecule has 0 saturated carbocycles. The normalized spacial score (nSPS) is 14.4. The van der Waals surface area contributed by atoms with E-state index in [-0.39, 0.29) is 0 Å². The minimum Gasteiger partial charge on any atom is -0.385 e. The topological polar surface area (TPSA) is 20.2 Å². The molecule has 2 rings (SSSR count). The Kier molecular flexibility index (Phi) is 4.10. The molecule has 0 radical (unpaired) electrons. The van der Waals surface area contributed by atoms with Gasteiger partial charge in [-0.1, -0.05) is 30.7 Å². The van der Waals surface area contributed by atoms with Gasteiger partial charge >= 0.3 is 0 Å². The molecule has 0 spiro atoms. The first-order valence-electron chi connectivity index (χ1n) is 6.07. The van der Waals surface area contributed by atoms with Gasteiger partial charge in [0.2, 0.25) is 0 Å². The zero-order valence-corrected chi connectivity index (χ0v) is 12.2. The van der Waals surface area contributed by atoms with Gasteiger partial charge in [0.25, 0.3) is 0 Å². The van der Waals surface area contributed by atoms with Gasteiger partial charge in [-0.3, -0.25) is 0 Å². The van der Waals surface area contributed by atoms with Crippen LogP contribution < -0.4 is 0 Å². The highest BCUT2D eigenvalue weighted by atomic mass is 35.5. The van der Waals surface area contributed by atoms with E-state index in [2.05, 4.69) is 19.1 Å². The van der Waals surface area contributed by atoms with E-state index in [9.17, 15) is 5.11 Å². The van der Waals surface area contributed by atoms with Crippen molar-refractivity contribution >= 4 is 22.9 Å². The van der Waals surface area contributed by atoms with Gasteiger partial charge in [-0.2, -0.15) is 0 Å². The Balaban J connectivity index is 2.20. The number of halogens is 1. The number of benzene rings is 1. The molecule has 1 heterocycles. The van der Waals surface area contributed by atoms with E-state index in [1.54, 1.807) is 11.3 Å². The van der Waals surface area contributed by atoms with Gasteiger partial charge in [-0.25, -0.2) is 0 Å². The van der Waals surface area contributed by atoms with E-state index in [1.165, 1.54) is 9.75 Å². The number of rotatable bonds is 4. The predicted molar refractivity (Wildman–Crippen MR) is 78.4 cm³/mol. The summed E-state index contributed by atoms with van der Waals surface area (Å²) in [5.41, 5.74) is -0.0118. The molecule has 96 valence electrons. The van der Waals surface area contributed by atoms with Crippen molar-refractivity contribution in [1.82, 2.24) is 0 Å². The fraction of sp³-hybridized carbons (Fsp3) is 0.333. The van der Waals surface area contributed by atoms with Crippen molar-refractivity contribution in [3.8, 4) is 0 Å². The summed E-state index contributed by atoms with van der Waals surface area (Å²) >= 11 is 7.74. The summed E-state index contributed by atoms with van der Waals surface area (Å²) in [5.74, 6) is 0. The van der Waals surface area contributed by atoms with Gasteiger partial charge in [0.05, 0.1) is 5.60 Å². The molecule has 1 nitrogen and oxygen atoms in total. The maximum atomic E-state index is 10.6. The molecule has 18 heavy (non-hydrogen) atoms. The Morgan fingerprint density at radius 3 is 2.56 bits per heavy atom. The third kappa shape index (κ3) is 3.14. The second-order valence-electron chi connectivity index (χ2n) is 4.68. The van der Waals surface area contributed by atoms with Crippen LogP contribution >= 0.6 is 22.9 Å². The van der Waals surface area contributed by atoms with Crippen LogP contribution in [0.5, 0.6) is 0 Å². The van der Waals surface area contributed by atoms with E-state index < -0.39 is 5.60 Å². The van der Waals surface area contributed by atoms with Gasteiger partial charge < -0.3 is 5.11 Å². The van der Waals surface area contributed by atoms with Crippen LogP contribution in [0.3, 0.4) is 0 Å². The summed E-state index contributed by atoms with van der Waals surface area (Å²) in [6, 6.07) is 11.7. The molecule has 0 bridgehead atoms. The molecule has 0 aliphatic carbocycles. The van der Waals surface area contributed by atoms with Gasteiger partial charge in [0.1, 0.15) is 0 Å². The molecule has 3 heteroatoms. The zero-order chi connectivity index (χ0) is 13.2. The molecule has 0 amide bonds. The third-order valence-corrected chi connectivity index (χ3v) is 4.50. The molecule has 1 aromatic carbocycles. The van der Waals surface area contributed by atoms with Crippen LogP contribution in [0, 0.1) is 0 Å².